The maximum absolute atomic E-state index is 11.7. The summed E-state index contributed by atoms with van der Waals surface area (Å²) in [7, 11) is 0. The van der Waals surface area contributed by atoms with Gasteiger partial charge in [-0.15, -0.1) is 0 Å². The standard InChI is InChI=1S/C23H35Cl2N3O2/c1-15-4-9-20(22(25)21(15)24)28-13-12-27(14-16(28)2)11-10-18-5-7-19(8-6-18)26-23(30)17(3)29/h4,9,16-19,29H,5-8,10-14H2,1-3H3,(H,26,30)/t16-,17?,18-,19-/m1/s1. The molecule has 2 aliphatic rings. The summed E-state index contributed by atoms with van der Waals surface area (Å²) in [5.74, 6) is 0.476. The highest BCUT2D eigenvalue weighted by atomic mass is 35.5. The van der Waals surface area contributed by atoms with Crippen LogP contribution in [0.25, 0.3) is 0 Å². The second-order valence-corrected chi connectivity index (χ2v) is 9.82. The van der Waals surface area contributed by atoms with E-state index in [1.54, 1.807) is 0 Å². The number of carbonyl (C=O) groups is 1. The molecule has 2 atom stereocenters. The van der Waals surface area contributed by atoms with Crippen LogP contribution in [-0.4, -0.2) is 60.3 Å². The van der Waals surface area contributed by atoms with Crippen molar-refractivity contribution in [1.82, 2.24) is 10.2 Å². The number of amides is 1. The van der Waals surface area contributed by atoms with Gasteiger partial charge in [-0.3, -0.25) is 9.69 Å². The number of halogens is 2. The molecule has 168 valence electrons. The number of hydrogen-bond acceptors (Lipinski definition) is 4. The lowest BCUT2D eigenvalue weighted by atomic mass is 9.84. The Morgan fingerprint density at radius 3 is 2.53 bits per heavy atom. The molecule has 1 aromatic carbocycles. The number of anilines is 1. The Morgan fingerprint density at radius 2 is 1.90 bits per heavy atom. The number of nitrogens with zero attached hydrogens (tertiary/aromatic N) is 2. The van der Waals surface area contributed by atoms with Gasteiger partial charge in [0, 0.05) is 31.7 Å². The molecule has 1 aliphatic carbocycles. The normalized spacial score (nSPS) is 26.5. The zero-order chi connectivity index (χ0) is 21.8. The summed E-state index contributed by atoms with van der Waals surface area (Å²) in [5.41, 5.74) is 2.05. The second kappa shape index (κ2) is 10.5. The van der Waals surface area contributed by atoms with Crippen LogP contribution in [0.4, 0.5) is 5.69 Å². The number of nitrogens with one attached hydrogen (secondary N) is 1. The largest absolute Gasteiger partial charge is 0.384 e. The van der Waals surface area contributed by atoms with Gasteiger partial charge in [0.2, 0.25) is 5.91 Å². The first-order chi connectivity index (χ1) is 14.3. The quantitative estimate of drug-likeness (QED) is 0.672. The first-order valence-corrected chi connectivity index (χ1v) is 11.9. The van der Waals surface area contributed by atoms with E-state index in [1.807, 2.05) is 13.0 Å². The van der Waals surface area contributed by atoms with E-state index in [9.17, 15) is 9.90 Å². The predicted molar refractivity (Wildman–Crippen MR) is 125 cm³/mol. The van der Waals surface area contributed by atoms with Crippen LogP contribution >= 0.6 is 23.2 Å². The molecule has 3 rings (SSSR count). The Bertz CT molecular complexity index is 735. The lowest BCUT2D eigenvalue weighted by Crippen LogP contribution is -2.52. The van der Waals surface area contributed by atoms with E-state index in [1.165, 1.54) is 13.3 Å². The number of aliphatic hydroxyl groups is 1. The van der Waals surface area contributed by atoms with Gasteiger partial charge in [0.1, 0.15) is 6.10 Å². The van der Waals surface area contributed by atoms with Crippen molar-refractivity contribution < 1.29 is 9.90 Å². The van der Waals surface area contributed by atoms with Crippen LogP contribution in [-0.2, 0) is 4.79 Å². The third-order valence-corrected chi connectivity index (χ3v) is 7.67. The molecule has 1 aromatic rings. The van der Waals surface area contributed by atoms with Gasteiger partial charge >= 0.3 is 0 Å². The fourth-order valence-electron chi connectivity index (χ4n) is 4.73. The number of rotatable bonds is 6. The Balaban J connectivity index is 1.43. The van der Waals surface area contributed by atoms with Gasteiger partial charge in [-0.2, -0.15) is 0 Å². The zero-order valence-corrected chi connectivity index (χ0v) is 19.8. The van der Waals surface area contributed by atoms with E-state index in [0.29, 0.717) is 16.1 Å². The molecule has 0 bridgehead atoms. The fraction of sp³-hybridized carbons (Fsp3) is 0.696. The molecule has 1 unspecified atom stereocenters. The lowest BCUT2D eigenvalue weighted by molar-refractivity contribution is -0.129. The van der Waals surface area contributed by atoms with E-state index in [2.05, 4.69) is 28.1 Å². The maximum atomic E-state index is 11.7. The molecule has 1 aliphatic heterocycles. The van der Waals surface area contributed by atoms with E-state index in [4.69, 9.17) is 23.2 Å². The molecular formula is C23H35Cl2N3O2. The van der Waals surface area contributed by atoms with E-state index in [0.717, 1.165) is 69.0 Å². The minimum absolute atomic E-state index is 0.220. The minimum atomic E-state index is -0.922. The molecule has 1 saturated carbocycles. The number of aryl methyl sites for hydroxylation is 1. The van der Waals surface area contributed by atoms with Gasteiger partial charge in [-0.1, -0.05) is 29.3 Å². The van der Waals surface area contributed by atoms with Crippen LogP contribution in [0.15, 0.2) is 12.1 Å². The van der Waals surface area contributed by atoms with Crippen molar-refractivity contribution in [3.05, 3.63) is 27.7 Å². The topological polar surface area (TPSA) is 55.8 Å². The Morgan fingerprint density at radius 1 is 1.20 bits per heavy atom. The van der Waals surface area contributed by atoms with Gasteiger partial charge in [0.25, 0.3) is 0 Å². The maximum Gasteiger partial charge on any atom is 0.248 e. The molecule has 7 heteroatoms. The first kappa shape index (κ1) is 23.6. The van der Waals surface area contributed by atoms with Gasteiger partial charge in [0.05, 0.1) is 15.7 Å². The number of benzene rings is 1. The lowest BCUT2D eigenvalue weighted by Gasteiger charge is -2.42. The van der Waals surface area contributed by atoms with E-state index in [-0.39, 0.29) is 11.9 Å². The number of hydrogen-bond donors (Lipinski definition) is 2. The number of carbonyl (C=O) groups excluding carboxylic acids is 1. The average molecular weight is 456 g/mol. The summed E-state index contributed by atoms with van der Waals surface area (Å²) in [6, 6.07) is 4.74. The van der Waals surface area contributed by atoms with Crippen LogP contribution in [0.1, 0.15) is 51.5 Å². The van der Waals surface area contributed by atoms with Gasteiger partial charge < -0.3 is 15.3 Å². The van der Waals surface area contributed by atoms with Crippen molar-refractivity contribution in [2.75, 3.05) is 31.1 Å². The number of aliphatic hydroxyl groups excluding tert-OH is 1. The summed E-state index contributed by atoms with van der Waals surface area (Å²) in [6.07, 6.45) is 4.62. The van der Waals surface area contributed by atoms with Gasteiger partial charge in [-0.05, 0) is 77.0 Å². The molecule has 1 heterocycles. The molecule has 0 spiro atoms. The van der Waals surface area contributed by atoms with Gasteiger partial charge in [0.15, 0.2) is 0 Å². The summed E-state index contributed by atoms with van der Waals surface area (Å²) >= 11 is 12.9. The monoisotopic (exact) mass is 455 g/mol. The summed E-state index contributed by atoms with van der Waals surface area (Å²) < 4.78 is 0. The van der Waals surface area contributed by atoms with Crippen molar-refractivity contribution in [2.45, 2.75) is 71.1 Å². The van der Waals surface area contributed by atoms with Crippen molar-refractivity contribution in [3.8, 4) is 0 Å². The third-order valence-electron chi connectivity index (χ3n) is 6.70. The van der Waals surface area contributed by atoms with E-state index >= 15 is 0 Å². The van der Waals surface area contributed by atoms with Crippen LogP contribution in [0.2, 0.25) is 10.0 Å². The highest BCUT2D eigenvalue weighted by Crippen LogP contribution is 2.36. The van der Waals surface area contributed by atoms with Crippen molar-refractivity contribution >= 4 is 34.8 Å². The van der Waals surface area contributed by atoms with Crippen LogP contribution in [0.5, 0.6) is 0 Å². The highest BCUT2D eigenvalue weighted by Gasteiger charge is 2.28. The molecular weight excluding hydrogens is 421 g/mol. The molecule has 1 saturated heterocycles. The Labute approximate surface area is 190 Å². The third kappa shape index (κ3) is 5.82. The molecule has 30 heavy (non-hydrogen) atoms. The Hall–Kier alpha value is -1.01. The summed E-state index contributed by atoms with van der Waals surface area (Å²) in [6.45, 7) is 9.89. The van der Waals surface area contributed by atoms with Crippen molar-refractivity contribution in [2.24, 2.45) is 5.92 Å². The van der Waals surface area contributed by atoms with Gasteiger partial charge in [-0.25, -0.2) is 0 Å². The van der Waals surface area contributed by atoms with E-state index < -0.39 is 6.10 Å². The predicted octanol–water partition coefficient (Wildman–Crippen LogP) is 4.26. The second-order valence-electron chi connectivity index (χ2n) is 9.06. The molecule has 5 nitrogen and oxygen atoms in total. The molecule has 2 fully saturated rings. The molecule has 0 radical (unpaired) electrons. The first-order valence-electron chi connectivity index (χ1n) is 11.2. The summed E-state index contributed by atoms with van der Waals surface area (Å²) in [5, 5.41) is 13.6. The average Bonchev–Trinajstić information content (AvgIpc) is 2.72. The SMILES string of the molecule is Cc1ccc(N2CCN(CC[C@H]3CC[C@H](NC(=O)C(C)O)CC3)C[C@H]2C)c(Cl)c1Cl. The van der Waals surface area contributed by atoms with Crippen molar-refractivity contribution in [3.63, 3.8) is 0 Å². The minimum Gasteiger partial charge on any atom is -0.384 e. The van der Waals surface area contributed by atoms with Crippen LogP contribution in [0.3, 0.4) is 0 Å². The fourth-order valence-corrected chi connectivity index (χ4v) is 5.21. The highest BCUT2D eigenvalue weighted by molar-refractivity contribution is 6.44. The summed E-state index contributed by atoms with van der Waals surface area (Å²) in [4.78, 5) is 16.6. The number of piperazine rings is 1. The van der Waals surface area contributed by atoms with Crippen molar-refractivity contribution in [1.29, 1.82) is 0 Å². The van der Waals surface area contributed by atoms with Crippen LogP contribution in [0, 0.1) is 12.8 Å². The molecule has 0 aromatic heterocycles. The smallest absolute Gasteiger partial charge is 0.248 e. The molecule has 1 amide bonds. The zero-order valence-electron chi connectivity index (χ0n) is 18.3. The van der Waals surface area contributed by atoms with Crippen LogP contribution < -0.4 is 10.2 Å². The molecule has 2 N–H and O–H groups in total. The Kier molecular flexibility index (Phi) is 8.31.